The van der Waals surface area contributed by atoms with E-state index in [1.165, 1.54) is 6.08 Å². The van der Waals surface area contributed by atoms with Crippen LogP contribution in [-0.4, -0.2) is 11.0 Å². The molecule has 0 saturated carbocycles. The first-order chi connectivity index (χ1) is 7.09. The van der Waals surface area contributed by atoms with Crippen LogP contribution in [0.5, 0.6) is 0 Å². The lowest BCUT2D eigenvalue weighted by molar-refractivity contribution is -0.112. The molecular weight excluding hydrogens is 210 g/mol. The maximum Gasteiger partial charge on any atom is 0.248 e. The second-order valence-corrected chi connectivity index (χ2v) is 3.39. The Kier molecular flexibility index (Phi) is 4.12. The summed E-state index contributed by atoms with van der Waals surface area (Å²) >= 11 is 3.61. The Bertz CT molecular complexity index is 398. The highest BCUT2D eigenvalue weighted by Gasteiger charge is 2.02. The highest BCUT2D eigenvalue weighted by atomic mass is 32.1. The summed E-state index contributed by atoms with van der Waals surface area (Å²) in [6, 6.07) is 9.02. The summed E-state index contributed by atoms with van der Waals surface area (Å²) in [5.41, 5.74) is 1.00. The Morgan fingerprint density at radius 1 is 1.27 bits per heavy atom. The zero-order chi connectivity index (χ0) is 11.3. The Balaban J connectivity index is 2.65. The SMILES string of the molecule is CC(=CC(=O)Nc1ccccc1)C(=O)S. The van der Waals surface area contributed by atoms with Crippen molar-refractivity contribution in [3.8, 4) is 0 Å². The van der Waals surface area contributed by atoms with Crippen LogP contribution in [0.4, 0.5) is 5.69 Å². The summed E-state index contributed by atoms with van der Waals surface area (Å²) in [4.78, 5) is 22.1. The monoisotopic (exact) mass is 221 g/mol. The molecule has 1 amide bonds. The third-order valence-corrected chi connectivity index (χ3v) is 2.08. The summed E-state index contributed by atoms with van der Waals surface area (Å²) in [6.07, 6.45) is 1.22. The van der Waals surface area contributed by atoms with Crippen LogP contribution >= 0.6 is 12.6 Å². The van der Waals surface area contributed by atoms with Crippen molar-refractivity contribution < 1.29 is 9.59 Å². The van der Waals surface area contributed by atoms with Crippen molar-refractivity contribution in [1.82, 2.24) is 0 Å². The minimum Gasteiger partial charge on any atom is -0.323 e. The van der Waals surface area contributed by atoms with E-state index in [0.717, 1.165) is 0 Å². The summed E-state index contributed by atoms with van der Waals surface area (Å²) in [5, 5.41) is 2.22. The van der Waals surface area contributed by atoms with Gasteiger partial charge < -0.3 is 5.32 Å². The zero-order valence-electron chi connectivity index (χ0n) is 8.23. The highest BCUT2D eigenvalue weighted by molar-refractivity contribution is 7.97. The van der Waals surface area contributed by atoms with Crippen LogP contribution in [0.1, 0.15) is 6.92 Å². The van der Waals surface area contributed by atoms with Gasteiger partial charge >= 0.3 is 0 Å². The Morgan fingerprint density at radius 3 is 2.40 bits per heavy atom. The van der Waals surface area contributed by atoms with E-state index in [1.54, 1.807) is 19.1 Å². The molecule has 15 heavy (non-hydrogen) atoms. The fraction of sp³-hybridized carbons (Fsp3) is 0.0909. The van der Waals surface area contributed by atoms with E-state index in [2.05, 4.69) is 17.9 Å². The van der Waals surface area contributed by atoms with E-state index in [9.17, 15) is 9.59 Å². The average molecular weight is 221 g/mol. The molecule has 0 heterocycles. The van der Waals surface area contributed by atoms with Crippen molar-refractivity contribution in [3.05, 3.63) is 42.0 Å². The van der Waals surface area contributed by atoms with E-state index in [-0.39, 0.29) is 5.91 Å². The number of thiol groups is 1. The Labute approximate surface area is 93.6 Å². The van der Waals surface area contributed by atoms with Crippen LogP contribution in [0, 0.1) is 0 Å². The van der Waals surface area contributed by atoms with Crippen LogP contribution in [0.15, 0.2) is 42.0 Å². The van der Waals surface area contributed by atoms with E-state index < -0.39 is 5.12 Å². The molecule has 1 rings (SSSR count). The van der Waals surface area contributed by atoms with Crippen LogP contribution in [0.3, 0.4) is 0 Å². The highest BCUT2D eigenvalue weighted by Crippen LogP contribution is 2.06. The molecule has 4 heteroatoms. The lowest BCUT2D eigenvalue weighted by Crippen LogP contribution is -2.09. The third kappa shape index (κ3) is 3.99. The zero-order valence-corrected chi connectivity index (χ0v) is 9.12. The summed E-state index contributed by atoms with van der Waals surface area (Å²) in [7, 11) is 0. The molecule has 1 N–H and O–H groups in total. The molecule has 0 atom stereocenters. The van der Waals surface area contributed by atoms with Crippen molar-refractivity contribution in [3.63, 3.8) is 0 Å². The molecule has 0 unspecified atom stereocenters. The minimum absolute atomic E-state index is 0.312. The molecule has 0 bridgehead atoms. The van der Waals surface area contributed by atoms with E-state index in [1.807, 2.05) is 18.2 Å². The summed E-state index contributed by atoms with van der Waals surface area (Å²) in [5.74, 6) is -0.332. The van der Waals surface area contributed by atoms with Gasteiger partial charge in [-0.05, 0) is 19.1 Å². The van der Waals surface area contributed by atoms with E-state index in [4.69, 9.17) is 0 Å². The summed E-state index contributed by atoms with van der Waals surface area (Å²) in [6.45, 7) is 1.54. The molecule has 3 nitrogen and oxygen atoms in total. The molecule has 0 aliphatic carbocycles. The molecular formula is C11H11NO2S. The van der Waals surface area contributed by atoms with Gasteiger partial charge in [-0.25, -0.2) is 0 Å². The van der Waals surface area contributed by atoms with Gasteiger partial charge in [0.2, 0.25) is 11.0 Å². The standard InChI is InChI=1S/C11H11NO2S/c1-8(11(14)15)7-10(13)12-9-5-3-2-4-6-9/h2-7H,1H3,(H,12,13)(H,14,15). The lowest BCUT2D eigenvalue weighted by atomic mass is 10.3. The van der Waals surface area contributed by atoms with E-state index >= 15 is 0 Å². The fourth-order valence-electron chi connectivity index (χ4n) is 0.958. The number of carbonyl (C=O) groups excluding carboxylic acids is 2. The Hall–Kier alpha value is -1.55. The first kappa shape index (κ1) is 11.5. The number of hydrogen-bond donors (Lipinski definition) is 2. The molecule has 0 saturated heterocycles. The van der Waals surface area contributed by atoms with Gasteiger partial charge in [0.15, 0.2) is 0 Å². The number of nitrogens with one attached hydrogen (secondary N) is 1. The number of rotatable bonds is 3. The molecule has 0 fully saturated rings. The number of amides is 1. The van der Waals surface area contributed by atoms with Gasteiger partial charge in [0, 0.05) is 17.3 Å². The molecule has 0 spiro atoms. The van der Waals surface area contributed by atoms with Crippen LogP contribution < -0.4 is 5.32 Å². The predicted molar refractivity (Wildman–Crippen MR) is 62.8 cm³/mol. The minimum atomic E-state index is -0.404. The van der Waals surface area contributed by atoms with Gasteiger partial charge in [-0.15, -0.1) is 12.6 Å². The van der Waals surface area contributed by atoms with Gasteiger partial charge in [-0.2, -0.15) is 0 Å². The number of benzene rings is 1. The smallest absolute Gasteiger partial charge is 0.248 e. The maximum absolute atomic E-state index is 11.4. The molecule has 1 aromatic carbocycles. The number of anilines is 1. The van der Waals surface area contributed by atoms with Crippen molar-refractivity contribution in [2.45, 2.75) is 6.92 Å². The molecule has 0 aromatic heterocycles. The van der Waals surface area contributed by atoms with Gasteiger partial charge in [0.05, 0.1) is 0 Å². The molecule has 78 valence electrons. The number of carbonyl (C=O) groups is 2. The summed E-state index contributed by atoms with van der Waals surface area (Å²) < 4.78 is 0. The number of hydrogen-bond acceptors (Lipinski definition) is 2. The lowest BCUT2D eigenvalue weighted by Gasteiger charge is -2.01. The van der Waals surface area contributed by atoms with Gasteiger partial charge in [-0.1, -0.05) is 18.2 Å². The normalized spacial score (nSPS) is 10.9. The first-order valence-electron chi connectivity index (χ1n) is 4.37. The molecule has 0 aliphatic rings. The van der Waals surface area contributed by atoms with Crippen LogP contribution in [0.25, 0.3) is 0 Å². The second kappa shape index (κ2) is 5.36. The maximum atomic E-state index is 11.4. The van der Waals surface area contributed by atoms with Crippen LogP contribution in [0.2, 0.25) is 0 Å². The fourth-order valence-corrected chi connectivity index (χ4v) is 1.02. The quantitative estimate of drug-likeness (QED) is 0.606. The van der Waals surface area contributed by atoms with Gasteiger partial charge in [0.1, 0.15) is 0 Å². The van der Waals surface area contributed by atoms with Gasteiger partial charge in [0.25, 0.3) is 0 Å². The Morgan fingerprint density at radius 2 is 1.87 bits per heavy atom. The first-order valence-corrected chi connectivity index (χ1v) is 4.82. The van der Waals surface area contributed by atoms with Crippen molar-refractivity contribution in [2.75, 3.05) is 5.32 Å². The van der Waals surface area contributed by atoms with E-state index in [0.29, 0.717) is 11.3 Å². The predicted octanol–water partition coefficient (Wildman–Crippen LogP) is 2.03. The number of para-hydroxylation sites is 1. The molecule has 0 aliphatic heterocycles. The molecule has 1 aromatic rings. The second-order valence-electron chi connectivity index (χ2n) is 2.99. The van der Waals surface area contributed by atoms with Crippen molar-refractivity contribution >= 4 is 29.3 Å². The van der Waals surface area contributed by atoms with Gasteiger partial charge in [-0.3, -0.25) is 9.59 Å². The van der Waals surface area contributed by atoms with Crippen molar-refractivity contribution in [2.24, 2.45) is 0 Å². The topological polar surface area (TPSA) is 46.2 Å². The van der Waals surface area contributed by atoms with Crippen molar-refractivity contribution in [1.29, 1.82) is 0 Å². The average Bonchev–Trinajstić information content (AvgIpc) is 2.18. The van der Waals surface area contributed by atoms with Crippen LogP contribution in [-0.2, 0) is 9.59 Å². The molecule has 0 radical (unpaired) electrons. The largest absolute Gasteiger partial charge is 0.323 e. The third-order valence-electron chi connectivity index (χ3n) is 1.73.